The van der Waals surface area contributed by atoms with E-state index in [1.54, 1.807) is 6.92 Å². The smallest absolute Gasteiger partial charge is 0.209 e. The van der Waals surface area contributed by atoms with Crippen molar-refractivity contribution in [2.75, 3.05) is 17.7 Å². The van der Waals surface area contributed by atoms with E-state index in [2.05, 4.69) is 20.9 Å². The Labute approximate surface area is 123 Å². The van der Waals surface area contributed by atoms with Gasteiger partial charge in [-0.15, -0.1) is 0 Å². The predicted molar refractivity (Wildman–Crippen MR) is 84.8 cm³/mol. The van der Waals surface area contributed by atoms with Crippen LogP contribution in [0.5, 0.6) is 0 Å². The molecule has 0 bridgehead atoms. The lowest BCUT2D eigenvalue weighted by atomic mass is 10.1. The number of likely N-dealkylation sites (N-methyl/N-ethyl adjacent to an activating group) is 1. The molecule has 2 heterocycles. The summed E-state index contributed by atoms with van der Waals surface area (Å²) in [7, 11) is 1.90. The van der Waals surface area contributed by atoms with Gasteiger partial charge in [0.1, 0.15) is 12.4 Å². The van der Waals surface area contributed by atoms with Crippen LogP contribution in [0.3, 0.4) is 0 Å². The second-order valence-electron chi connectivity index (χ2n) is 5.01. The van der Waals surface area contributed by atoms with E-state index >= 15 is 0 Å². The number of aromatic nitrogens is 2. The number of imidazole rings is 1. The average molecular weight is 285 g/mol. The number of hydrogen-bond acceptors (Lipinski definition) is 5. The van der Waals surface area contributed by atoms with Crippen molar-refractivity contribution >= 4 is 17.8 Å². The Hall–Kier alpha value is -2.31. The fourth-order valence-electron chi connectivity index (χ4n) is 2.27. The third-order valence-electron chi connectivity index (χ3n) is 3.32. The van der Waals surface area contributed by atoms with Crippen molar-refractivity contribution in [3.05, 3.63) is 36.5 Å². The van der Waals surface area contributed by atoms with Crippen LogP contribution in [0, 0.1) is 0 Å². The maximum Gasteiger partial charge on any atom is 0.209 e. The van der Waals surface area contributed by atoms with Gasteiger partial charge < -0.3 is 15.7 Å². The molecular weight excluding hydrogens is 266 g/mol. The molecule has 0 saturated heterocycles. The summed E-state index contributed by atoms with van der Waals surface area (Å²) < 4.78 is 1.96. The molecule has 0 saturated carbocycles. The lowest BCUT2D eigenvalue weighted by molar-refractivity contribution is 0.224. The summed E-state index contributed by atoms with van der Waals surface area (Å²) in [6.07, 6.45) is 5.55. The van der Waals surface area contributed by atoms with E-state index in [1.807, 2.05) is 54.4 Å². The molecule has 2 unspecified atom stereocenters. The molecule has 21 heavy (non-hydrogen) atoms. The van der Waals surface area contributed by atoms with Crippen molar-refractivity contribution in [1.29, 1.82) is 0 Å². The maximum atomic E-state index is 9.30. The number of rotatable bonds is 4. The fourth-order valence-corrected chi connectivity index (χ4v) is 2.27. The number of nitrogens with one attached hydrogen (secondary N) is 3. The van der Waals surface area contributed by atoms with Crippen LogP contribution < -0.4 is 16.0 Å². The minimum atomic E-state index is -0.566. The topological polar surface area (TPSA) is 74.1 Å². The quantitative estimate of drug-likeness (QED) is 0.644. The molecule has 6 nitrogen and oxygen atoms in total. The number of aliphatic hydroxyl groups excluding tert-OH is 1. The Kier molecular flexibility index (Phi) is 3.64. The molecule has 2 aromatic rings. The van der Waals surface area contributed by atoms with Crippen LogP contribution in [0.1, 0.15) is 6.92 Å². The molecule has 0 amide bonds. The summed E-state index contributed by atoms with van der Waals surface area (Å²) in [6, 6.07) is 7.83. The van der Waals surface area contributed by atoms with Crippen molar-refractivity contribution in [2.45, 2.75) is 19.3 Å². The number of anilines is 2. The zero-order valence-electron chi connectivity index (χ0n) is 12.0. The Balaban J connectivity index is 1.82. The summed E-state index contributed by atoms with van der Waals surface area (Å²) in [4.78, 5) is 4.60. The van der Waals surface area contributed by atoms with Crippen LogP contribution in [0.15, 0.2) is 36.5 Å². The first-order valence-corrected chi connectivity index (χ1v) is 6.92. The van der Waals surface area contributed by atoms with Gasteiger partial charge in [-0.25, -0.2) is 4.98 Å². The highest BCUT2D eigenvalue weighted by atomic mass is 16.3. The van der Waals surface area contributed by atoms with E-state index in [-0.39, 0.29) is 6.17 Å². The van der Waals surface area contributed by atoms with Gasteiger partial charge in [0.2, 0.25) is 5.95 Å². The molecule has 0 spiro atoms. The Morgan fingerprint density at radius 3 is 2.76 bits per heavy atom. The summed E-state index contributed by atoms with van der Waals surface area (Å²) in [6.45, 7) is 1.69. The van der Waals surface area contributed by atoms with Crippen molar-refractivity contribution in [3.8, 4) is 11.3 Å². The first kappa shape index (κ1) is 13.7. The minimum absolute atomic E-state index is 0.102. The predicted octanol–water partition coefficient (Wildman–Crippen LogP) is 1.74. The molecular formula is C15H19N5O. The third kappa shape index (κ3) is 2.91. The lowest BCUT2D eigenvalue weighted by Crippen LogP contribution is -2.34. The van der Waals surface area contributed by atoms with Gasteiger partial charge in [0.05, 0.1) is 5.69 Å². The maximum absolute atomic E-state index is 9.30. The van der Waals surface area contributed by atoms with E-state index in [9.17, 15) is 5.11 Å². The van der Waals surface area contributed by atoms with E-state index in [0.717, 1.165) is 22.9 Å². The Morgan fingerprint density at radius 1 is 1.33 bits per heavy atom. The summed E-state index contributed by atoms with van der Waals surface area (Å²) in [5.41, 5.74) is 2.82. The van der Waals surface area contributed by atoms with E-state index in [1.165, 1.54) is 0 Å². The second kappa shape index (κ2) is 5.59. The standard InChI is InChI=1S/C15H19N5O/c1-10(21)17-12-5-3-11(4-6-12)13-9-20-8-7-14(16-2)19-15(20)18-13/h3-10,14,16-17,21H,1-2H3,(H,18,19). The van der Waals surface area contributed by atoms with Crippen molar-refractivity contribution in [3.63, 3.8) is 0 Å². The zero-order chi connectivity index (χ0) is 14.8. The van der Waals surface area contributed by atoms with Gasteiger partial charge in [-0.3, -0.25) is 9.88 Å². The molecule has 0 radical (unpaired) electrons. The first-order chi connectivity index (χ1) is 10.2. The monoisotopic (exact) mass is 285 g/mol. The molecule has 110 valence electrons. The molecule has 2 atom stereocenters. The van der Waals surface area contributed by atoms with Gasteiger partial charge in [0.25, 0.3) is 0 Å². The van der Waals surface area contributed by atoms with Crippen molar-refractivity contribution in [1.82, 2.24) is 14.9 Å². The highest BCUT2D eigenvalue weighted by molar-refractivity contribution is 5.66. The van der Waals surface area contributed by atoms with Crippen LogP contribution >= 0.6 is 0 Å². The van der Waals surface area contributed by atoms with E-state index in [4.69, 9.17) is 0 Å². The minimum Gasteiger partial charge on any atom is -0.374 e. The summed E-state index contributed by atoms with van der Waals surface area (Å²) >= 11 is 0. The largest absolute Gasteiger partial charge is 0.374 e. The Bertz CT molecular complexity index is 645. The number of nitrogens with zero attached hydrogens (tertiary/aromatic N) is 2. The molecule has 3 rings (SSSR count). The zero-order valence-corrected chi connectivity index (χ0v) is 12.0. The molecule has 0 aliphatic carbocycles. The van der Waals surface area contributed by atoms with Crippen LogP contribution in [0.4, 0.5) is 11.6 Å². The highest BCUT2D eigenvalue weighted by Gasteiger charge is 2.14. The number of hydrogen-bond donors (Lipinski definition) is 4. The van der Waals surface area contributed by atoms with E-state index < -0.39 is 6.23 Å². The van der Waals surface area contributed by atoms with Gasteiger partial charge in [-0.05, 0) is 32.2 Å². The van der Waals surface area contributed by atoms with Gasteiger partial charge in [-0.1, -0.05) is 12.1 Å². The van der Waals surface area contributed by atoms with Crippen molar-refractivity contribution < 1.29 is 5.11 Å². The van der Waals surface area contributed by atoms with Gasteiger partial charge in [0, 0.05) is 23.6 Å². The molecule has 4 N–H and O–H groups in total. The van der Waals surface area contributed by atoms with Crippen LogP contribution in [-0.2, 0) is 0 Å². The summed E-state index contributed by atoms with van der Waals surface area (Å²) in [5, 5.41) is 18.7. The SMILES string of the molecule is CNC1C=Cn2cc(-c3ccc(NC(C)O)cc3)nc2N1. The molecule has 6 heteroatoms. The van der Waals surface area contributed by atoms with E-state index in [0.29, 0.717) is 0 Å². The summed E-state index contributed by atoms with van der Waals surface area (Å²) in [5.74, 6) is 0.818. The van der Waals surface area contributed by atoms with Gasteiger partial charge in [-0.2, -0.15) is 0 Å². The third-order valence-corrected chi connectivity index (χ3v) is 3.32. The second-order valence-corrected chi connectivity index (χ2v) is 5.01. The first-order valence-electron chi connectivity index (χ1n) is 6.92. The molecule has 0 fully saturated rings. The average Bonchev–Trinajstić information content (AvgIpc) is 2.90. The number of benzene rings is 1. The number of fused-ring (bicyclic) bond motifs is 1. The fraction of sp³-hybridized carbons (Fsp3) is 0.267. The molecule has 1 aromatic carbocycles. The highest BCUT2D eigenvalue weighted by Crippen LogP contribution is 2.24. The number of aliphatic hydroxyl groups is 1. The molecule has 1 aliphatic heterocycles. The van der Waals surface area contributed by atoms with Crippen molar-refractivity contribution in [2.24, 2.45) is 0 Å². The molecule has 1 aromatic heterocycles. The van der Waals surface area contributed by atoms with Crippen LogP contribution in [-0.4, -0.2) is 34.1 Å². The van der Waals surface area contributed by atoms with Gasteiger partial charge in [0.15, 0.2) is 0 Å². The normalized spacial score (nSPS) is 18.0. The van der Waals surface area contributed by atoms with Crippen LogP contribution in [0.25, 0.3) is 17.5 Å². The molecule has 1 aliphatic rings. The lowest BCUT2D eigenvalue weighted by Gasteiger charge is -2.18. The van der Waals surface area contributed by atoms with Gasteiger partial charge >= 0.3 is 0 Å². The van der Waals surface area contributed by atoms with Crippen LogP contribution in [0.2, 0.25) is 0 Å². The Morgan fingerprint density at radius 2 is 2.10 bits per heavy atom.